The van der Waals surface area contributed by atoms with E-state index in [1.807, 2.05) is 25.1 Å². The van der Waals surface area contributed by atoms with Gasteiger partial charge < -0.3 is 14.8 Å². The van der Waals surface area contributed by atoms with Crippen LogP contribution in [0.2, 0.25) is 5.02 Å². The Balaban J connectivity index is 1.81. The third-order valence-electron chi connectivity index (χ3n) is 4.38. The smallest absolute Gasteiger partial charge is 0.339 e. The number of nitrogens with one attached hydrogen (secondary N) is 1. The number of esters is 1. The highest BCUT2D eigenvalue weighted by molar-refractivity contribution is 6.31. The molecule has 1 aromatic heterocycles. The number of methoxy groups -OCH3 is 1. The first-order chi connectivity index (χ1) is 13.8. The number of nitrogens with zero attached hydrogens (tertiary/aromatic N) is 1. The van der Waals surface area contributed by atoms with E-state index in [1.54, 1.807) is 31.2 Å². The van der Waals surface area contributed by atoms with Gasteiger partial charge in [0, 0.05) is 16.1 Å². The molecule has 1 atom stereocenters. The average Bonchev–Trinajstić information content (AvgIpc) is 2.67. The second-order valence-corrected chi connectivity index (χ2v) is 7.15. The molecule has 0 spiro atoms. The van der Waals surface area contributed by atoms with Gasteiger partial charge in [0.25, 0.3) is 5.91 Å². The number of carbonyl (C=O) groups is 2. The fraction of sp³-hybridized carbons (Fsp3) is 0.227. The minimum atomic E-state index is -1.03. The van der Waals surface area contributed by atoms with E-state index in [9.17, 15) is 9.59 Å². The van der Waals surface area contributed by atoms with Gasteiger partial charge in [-0.05, 0) is 57.2 Å². The summed E-state index contributed by atoms with van der Waals surface area (Å²) in [5.74, 6) is -0.635. The van der Waals surface area contributed by atoms with Crippen molar-refractivity contribution >= 4 is 40.1 Å². The number of hydrogen-bond acceptors (Lipinski definition) is 5. The van der Waals surface area contributed by atoms with Gasteiger partial charge in [-0.1, -0.05) is 23.2 Å². The molecule has 0 fully saturated rings. The average molecular weight is 413 g/mol. The number of rotatable bonds is 5. The lowest BCUT2D eigenvalue weighted by Crippen LogP contribution is -2.30. The molecule has 0 bridgehead atoms. The van der Waals surface area contributed by atoms with E-state index >= 15 is 0 Å². The van der Waals surface area contributed by atoms with Gasteiger partial charge >= 0.3 is 5.97 Å². The SMILES string of the molecule is COc1ccc(Cl)cc1NC(=O)C(C)OC(=O)c1cc(C)nc2ccc(C)cc12. The number of pyridine rings is 1. The molecule has 3 rings (SSSR count). The highest BCUT2D eigenvalue weighted by atomic mass is 35.5. The first-order valence-electron chi connectivity index (χ1n) is 9.02. The topological polar surface area (TPSA) is 77.5 Å². The molecule has 0 aliphatic heterocycles. The summed E-state index contributed by atoms with van der Waals surface area (Å²) in [5.41, 5.74) is 3.15. The lowest BCUT2D eigenvalue weighted by atomic mass is 10.1. The molecule has 1 heterocycles. The van der Waals surface area contributed by atoms with E-state index in [4.69, 9.17) is 21.1 Å². The highest BCUT2D eigenvalue weighted by Gasteiger charge is 2.22. The number of hydrogen-bond donors (Lipinski definition) is 1. The van der Waals surface area contributed by atoms with Crippen LogP contribution in [-0.2, 0) is 9.53 Å². The molecule has 0 aliphatic carbocycles. The number of aryl methyl sites for hydroxylation is 2. The lowest BCUT2D eigenvalue weighted by molar-refractivity contribution is -0.123. The second kappa shape index (κ2) is 8.49. The summed E-state index contributed by atoms with van der Waals surface area (Å²) in [5, 5.41) is 3.81. The van der Waals surface area contributed by atoms with Gasteiger partial charge in [-0.3, -0.25) is 9.78 Å². The maximum Gasteiger partial charge on any atom is 0.339 e. The molecule has 6 nitrogen and oxygen atoms in total. The van der Waals surface area contributed by atoms with Crippen LogP contribution in [0.3, 0.4) is 0 Å². The maximum absolute atomic E-state index is 12.8. The van der Waals surface area contributed by atoms with Crippen LogP contribution in [-0.4, -0.2) is 30.1 Å². The van der Waals surface area contributed by atoms with E-state index in [0.29, 0.717) is 38.6 Å². The van der Waals surface area contributed by atoms with Gasteiger partial charge in [-0.25, -0.2) is 4.79 Å². The van der Waals surface area contributed by atoms with Gasteiger partial charge in [0.1, 0.15) is 5.75 Å². The summed E-state index contributed by atoms with van der Waals surface area (Å²) in [6.45, 7) is 5.24. The monoisotopic (exact) mass is 412 g/mol. The molecule has 0 radical (unpaired) electrons. The van der Waals surface area contributed by atoms with Crippen LogP contribution in [0.25, 0.3) is 10.9 Å². The Bertz CT molecular complexity index is 1100. The summed E-state index contributed by atoms with van der Waals surface area (Å²) >= 11 is 5.99. The number of fused-ring (bicyclic) bond motifs is 1. The fourth-order valence-corrected chi connectivity index (χ4v) is 3.10. The molecule has 0 aliphatic rings. The number of halogens is 1. The molecule has 7 heteroatoms. The number of anilines is 1. The fourth-order valence-electron chi connectivity index (χ4n) is 2.93. The molecule has 1 N–H and O–H groups in total. The van der Waals surface area contributed by atoms with Gasteiger partial charge in [0.2, 0.25) is 0 Å². The van der Waals surface area contributed by atoms with Crippen molar-refractivity contribution in [3.63, 3.8) is 0 Å². The van der Waals surface area contributed by atoms with Gasteiger partial charge in [-0.2, -0.15) is 0 Å². The number of amides is 1. The summed E-state index contributed by atoms with van der Waals surface area (Å²) in [7, 11) is 1.49. The molecular formula is C22H21ClN2O4. The predicted octanol–water partition coefficient (Wildman–Crippen LogP) is 4.70. The van der Waals surface area contributed by atoms with Crippen molar-refractivity contribution in [2.45, 2.75) is 26.9 Å². The molecular weight excluding hydrogens is 392 g/mol. The zero-order chi connectivity index (χ0) is 21.1. The number of carbonyl (C=O) groups excluding carboxylic acids is 2. The van der Waals surface area contributed by atoms with Crippen molar-refractivity contribution in [3.8, 4) is 5.75 Å². The van der Waals surface area contributed by atoms with Crippen molar-refractivity contribution in [2.75, 3.05) is 12.4 Å². The summed E-state index contributed by atoms with van der Waals surface area (Å²) < 4.78 is 10.6. The van der Waals surface area contributed by atoms with E-state index in [1.165, 1.54) is 14.0 Å². The minimum Gasteiger partial charge on any atom is -0.495 e. The molecule has 1 unspecified atom stereocenters. The Hall–Kier alpha value is -3.12. The third-order valence-corrected chi connectivity index (χ3v) is 4.62. The molecule has 29 heavy (non-hydrogen) atoms. The maximum atomic E-state index is 12.8. The van der Waals surface area contributed by atoms with Crippen LogP contribution >= 0.6 is 11.6 Å². The Morgan fingerprint density at radius 2 is 1.86 bits per heavy atom. The van der Waals surface area contributed by atoms with Gasteiger partial charge in [0.05, 0.1) is 23.9 Å². The number of ether oxygens (including phenoxy) is 2. The lowest BCUT2D eigenvalue weighted by Gasteiger charge is -2.16. The predicted molar refractivity (Wildman–Crippen MR) is 113 cm³/mol. The number of benzene rings is 2. The molecule has 2 aromatic carbocycles. The van der Waals surface area contributed by atoms with Crippen molar-refractivity contribution in [1.29, 1.82) is 0 Å². The van der Waals surface area contributed by atoms with Crippen LogP contribution in [0.15, 0.2) is 42.5 Å². The Morgan fingerprint density at radius 1 is 1.10 bits per heavy atom. The molecule has 0 saturated heterocycles. The molecule has 1 amide bonds. The van der Waals surface area contributed by atoms with Gasteiger partial charge in [0.15, 0.2) is 6.10 Å². The standard InChI is InChI=1S/C22H21ClN2O4/c1-12-5-7-18-16(9-12)17(10-13(2)24-18)22(27)29-14(3)21(26)25-19-11-15(23)6-8-20(19)28-4/h5-11,14H,1-4H3,(H,25,26). The first-order valence-corrected chi connectivity index (χ1v) is 9.39. The van der Waals surface area contributed by atoms with Crippen molar-refractivity contribution in [2.24, 2.45) is 0 Å². The van der Waals surface area contributed by atoms with Crippen LogP contribution in [0, 0.1) is 13.8 Å². The summed E-state index contributed by atoms with van der Waals surface area (Å²) in [6.07, 6.45) is -1.03. The minimum absolute atomic E-state index is 0.371. The summed E-state index contributed by atoms with van der Waals surface area (Å²) in [6, 6.07) is 12.2. The third kappa shape index (κ3) is 4.66. The van der Waals surface area contributed by atoms with Crippen molar-refractivity contribution in [1.82, 2.24) is 4.98 Å². The largest absolute Gasteiger partial charge is 0.495 e. The zero-order valence-electron chi connectivity index (χ0n) is 16.6. The van der Waals surface area contributed by atoms with Crippen molar-refractivity contribution in [3.05, 3.63) is 64.3 Å². The van der Waals surface area contributed by atoms with Crippen LogP contribution in [0.4, 0.5) is 5.69 Å². The Morgan fingerprint density at radius 3 is 2.59 bits per heavy atom. The van der Waals surface area contributed by atoms with Crippen LogP contribution < -0.4 is 10.1 Å². The zero-order valence-corrected chi connectivity index (χ0v) is 17.3. The van der Waals surface area contributed by atoms with Crippen molar-refractivity contribution < 1.29 is 19.1 Å². The molecule has 0 saturated carbocycles. The second-order valence-electron chi connectivity index (χ2n) is 6.71. The normalized spacial score (nSPS) is 11.8. The molecule has 3 aromatic rings. The first kappa shape index (κ1) is 20.6. The highest BCUT2D eigenvalue weighted by Crippen LogP contribution is 2.28. The van der Waals surface area contributed by atoms with E-state index in [0.717, 1.165) is 5.56 Å². The van der Waals surface area contributed by atoms with E-state index < -0.39 is 18.0 Å². The van der Waals surface area contributed by atoms with Gasteiger partial charge in [-0.15, -0.1) is 0 Å². The van der Waals surface area contributed by atoms with Crippen LogP contribution in [0.1, 0.15) is 28.5 Å². The van der Waals surface area contributed by atoms with E-state index in [2.05, 4.69) is 10.3 Å². The Labute approximate surface area is 173 Å². The van der Waals surface area contributed by atoms with Crippen LogP contribution in [0.5, 0.6) is 5.75 Å². The number of aromatic nitrogens is 1. The quantitative estimate of drug-likeness (QED) is 0.614. The molecule has 150 valence electrons. The summed E-state index contributed by atoms with van der Waals surface area (Å²) in [4.78, 5) is 29.8. The Kier molecular flexibility index (Phi) is 6.03. The van der Waals surface area contributed by atoms with E-state index in [-0.39, 0.29) is 0 Å².